The molecule has 33 heavy (non-hydrogen) atoms. The summed E-state index contributed by atoms with van der Waals surface area (Å²) in [7, 11) is 0. The van der Waals surface area contributed by atoms with Gasteiger partial charge < -0.3 is 15.1 Å². The van der Waals surface area contributed by atoms with Crippen molar-refractivity contribution in [1.82, 2.24) is 19.8 Å². The highest BCUT2D eigenvalue weighted by Gasteiger charge is 2.26. The first kappa shape index (κ1) is 23.4. The zero-order valence-corrected chi connectivity index (χ0v) is 20.6. The molecule has 3 aromatic rings. The number of benzene rings is 1. The van der Waals surface area contributed by atoms with Crippen LogP contribution in [-0.2, 0) is 17.8 Å². The maximum absolute atomic E-state index is 12.8. The molecule has 2 aromatic heterocycles. The Kier molecular flexibility index (Phi) is 7.73. The smallest absolute Gasteiger partial charge is 0.246 e. The molecule has 0 saturated carbocycles. The lowest BCUT2D eigenvalue weighted by Crippen LogP contribution is -2.34. The fourth-order valence-corrected chi connectivity index (χ4v) is 5.59. The highest BCUT2D eigenvalue weighted by atomic mass is 32.1. The minimum absolute atomic E-state index is 0.0878. The van der Waals surface area contributed by atoms with Crippen molar-refractivity contribution in [1.29, 1.82) is 0 Å². The van der Waals surface area contributed by atoms with E-state index in [1.807, 2.05) is 17.0 Å². The van der Waals surface area contributed by atoms with Crippen LogP contribution in [0.3, 0.4) is 0 Å². The van der Waals surface area contributed by atoms with Gasteiger partial charge in [0.15, 0.2) is 0 Å². The predicted molar refractivity (Wildman–Crippen MR) is 137 cm³/mol. The Morgan fingerprint density at radius 2 is 2.00 bits per heavy atom. The molecule has 1 aliphatic heterocycles. The van der Waals surface area contributed by atoms with E-state index in [1.54, 1.807) is 23.7 Å². The molecule has 1 aliphatic rings. The molecule has 0 spiro atoms. The molecule has 1 aromatic carbocycles. The molecule has 0 aliphatic carbocycles. The maximum atomic E-state index is 12.8. The number of carbonyl (C=O) groups is 1. The van der Waals surface area contributed by atoms with Gasteiger partial charge in [-0.25, -0.2) is 9.97 Å². The fourth-order valence-electron chi connectivity index (χ4n) is 4.39. The van der Waals surface area contributed by atoms with E-state index in [-0.39, 0.29) is 11.9 Å². The number of carbonyl (C=O) groups excluding carboxylic acids is 1. The molecule has 0 unspecified atom stereocenters. The van der Waals surface area contributed by atoms with Gasteiger partial charge in [0.25, 0.3) is 0 Å². The minimum Gasteiger partial charge on any atom is -0.363 e. The fraction of sp³-hybridized carbons (Fsp3) is 0.423. The average Bonchev–Trinajstić information content (AvgIpc) is 3.24. The summed E-state index contributed by atoms with van der Waals surface area (Å²) >= 11 is 1.68. The van der Waals surface area contributed by atoms with Gasteiger partial charge >= 0.3 is 0 Å². The van der Waals surface area contributed by atoms with Gasteiger partial charge in [-0.2, -0.15) is 0 Å². The van der Waals surface area contributed by atoms with E-state index in [0.29, 0.717) is 6.54 Å². The summed E-state index contributed by atoms with van der Waals surface area (Å²) in [5.74, 6) is 0.983. The summed E-state index contributed by atoms with van der Waals surface area (Å²) in [6.07, 6.45) is 7.15. The SMILES string of the molecule is CC[C@@H](Nc1ncnc2sc3c(c12)CCN(C(=O)C=CCN(CC)CC)C3)c1ccccc1. The van der Waals surface area contributed by atoms with Crippen LogP contribution in [0, 0.1) is 0 Å². The lowest BCUT2D eigenvalue weighted by atomic mass is 10.0. The van der Waals surface area contributed by atoms with Crippen molar-refractivity contribution in [3.8, 4) is 0 Å². The molecule has 3 heterocycles. The molecule has 1 atom stereocenters. The predicted octanol–water partition coefficient (Wildman–Crippen LogP) is 5.04. The van der Waals surface area contributed by atoms with Gasteiger partial charge in [0.1, 0.15) is 17.0 Å². The molecule has 174 valence electrons. The lowest BCUT2D eigenvalue weighted by Gasteiger charge is -2.26. The first-order valence-electron chi connectivity index (χ1n) is 11.9. The second kappa shape index (κ2) is 10.9. The van der Waals surface area contributed by atoms with Crippen LogP contribution in [0.2, 0.25) is 0 Å². The van der Waals surface area contributed by atoms with E-state index >= 15 is 0 Å². The number of likely N-dealkylation sites (N-methyl/N-ethyl adjacent to an activating group) is 1. The largest absolute Gasteiger partial charge is 0.363 e. The second-order valence-electron chi connectivity index (χ2n) is 8.32. The third-order valence-corrected chi connectivity index (χ3v) is 7.51. The average molecular weight is 464 g/mol. The third kappa shape index (κ3) is 5.25. The number of anilines is 1. The van der Waals surface area contributed by atoms with Crippen molar-refractivity contribution in [2.75, 3.05) is 31.5 Å². The number of fused-ring (bicyclic) bond motifs is 3. The Balaban J connectivity index is 1.52. The van der Waals surface area contributed by atoms with E-state index in [4.69, 9.17) is 0 Å². The summed E-state index contributed by atoms with van der Waals surface area (Å²) in [5.41, 5.74) is 2.54. The summed E-state index contributed by atoms with van der Waals surface area (Å²) in [4.78, 5) is 28.4. The first-order chi connectivity index (χ1) is 16.1. The van der Waals surface area contributed by atoms with E-state index in [1.165, 1.54) is 16.0 Å². The Morgan fingerprint density at radius 1 is 1.21 bits per heavy atom. The van der Waals surface area contributed by atoms with Crippen LogP contribution < -0.4 is 5.32 Å². The van der Waals surface area contributed by atoms with Gasteiger partial charge in [0, 0.05) is 24.0 Å². The van der Waals surface area contributed by atoms with Crippen molar-refractivity contribution >= 4 is 33.3 Å². The van der Waals surface area contributed by atoms with E-state index in [0.717, 1.165) is 55.1 Å². The summed E-state index contributed by atoms with van der Waals surface area (Å²) < 4.78 is 0. The third-order valence-electron chi connectivity index (χ3n) is 6.39. The van der Waals surface area contributed by atoms with Crippen LogP contribution in [0.15, 0.2) is 48.8 Å². The highest BCUT2D eigenvalue weighted by molar-refractivity contribution is 7.19. The van der Waals surface area contributed by atoms with Crippen molar-refractivity contribution in [3.05, 3.63) is 64.8 Å². The number of amides is 1. The van der Waals surface area contributed by atoms with Crippen LogP contribution in [0.4, 0.5) is 5.82 Å². The lowest BCUT2D eigenvalue weighted by molar-refractivity contribution is -0.126. The Bertz CT molecular complexity index is 1110. The molecule has 0 radical (unpaired) electrons. The quantitative estimate of drug-likeness (QED) is 0.451. The van der Waals surface area contributed by atoms with Gasteiger partial charge in [0.05, 0.1) is 18.0 Å². The number of hydrogen-bond donors (Lipinski definition) is 1. The van der Waals surface area contributed by atoms with Gasteiger partial charge in [-0.1, -0.05) is 57.2 Å². The van der Waals surface area contributed by atoms with Crippen LogP contribution in [-0.4, -0.2) is 51.9 Å². The molecule has 0 bridgehead atoms. The monoisotopic (exact) mass is 463 g/mol. The summed E-state index contributed by atoms with van der Waals surface area (Å²) in [6, 6.07) is 10.7. The Labute approximate surface area is 200 Å². The Hall–Kier alpha value is -2.77. The van der Waals surface area contributed by atoms with Crippen LogP contribution >= 0.6 is 11.3 Å². The van der Waals surface area contributed by atoms with Gasteiger partial charge in [-0.15, -0.1) is 11.3 Å². The number of nitrogens with one attached hydrogen (secondary N) is 1. The molecule has 7 heteroatoms. The number of nitrogens with zero attached hydrogens (tertiary/aromatic N) is 4. The number of aromatic nitrogens is 2. The van der Waals surface area contributed by atoms with E-state index in [9.17, 15) is 4.79 Å². The van der Waals surface area contributed by atoms with Crippen molar-refractivity contribution in [2.45, 2.75) is 46.2 Å². The first-order valence-corrected chi connectivity index (χ1v) is 12.7. The Morgan fingerprint density at radius 3 is 2.73 bits per heavy atom. The molecule has 4 rings (SSSR count). The topological polar surface area (TPSA) is 61.4 Å². The van der Waals surface area contributed by atoms with E-state index in [2.05, 4.69) is 65.2 Å². The molecule has 1 amide bonds. The summed E-state index contributed by atoms with van der Waals surface area (Å²) in [5, 5.41) is 4.79. The minimum atomic E-state index is 0.0878. The number of hydrogen-bond acceptors (Lipinski definition) is 6. The van der Waals surface area contributed by atoms with Crippen LogP contribution in [0.25, 0.3) is 10.2 Å². The van der Waals surface area contributed by atoms with Gasteiger partial charge in [0.2, 0.25) is 5.91 Å². The zero-order chi connectivity index (χ0) is 23.2. The second-order valence-corrected chi connectivity index (χ2v) is 9.40. The summed E-state index contributed by atoms with van der Waals surface area (Å²) in [6.45, 7) is 10.6. The van der Waals surface area contributed by atoms with Crippen molar-refractivity contribution in [2.24, 2.45) is 0 Å². The molecule has 0 saturated heterocycles. The molecule has 1 N–H and O–H groups in total. The molecular weight excluding hydrogens is 430 g/mol. The zero-order valence-electron chi connectivity index (χ0n) is 19.8. The van der Waals surface area contributed by atoms with E-state index < -0.39 is 0 Å². The van der Waals surface area contributed by atoms with Crippen LogP contribution in [0.5, 0.6) is 0 Å². The highest BCUT2D eigenvalue weighted by Crippen LogP contribution is 2.38. The van der Waals surface area contributed by atoms with Crippen molar-refractivity contribution in [3.63, 3.8) is 0 Å². The molecular formula is C26H33N5OS. The number of rotatable bonds is 9. The number of thiophene rings is 1. The standard InChI is InChI=1S/C26H33N5OS/c1-4-21(19-11-8-7-9-12-19)29-25-24-20-14-16-31(17-22(20)33-26(24)28-18-27-25)23(32)13-10-15-30(5-2)6-3/h7-13,18,21H,4-6,14-17H2,1-3H3,(H,27,28,29)/t21-/m1/s1. The van der Waals surface area contributed by atoms with Crippen LogP contribution in [0.1, 0.15) is 49.2 Å². The normalized spacial score (nSPS) is 14.7. The van der Waals surface area contributed by atoms with Crippen molar-refractivity contribution < 1.29 is 4.79 Å². The van der Waals surface area contributed by atoms with Gasteiger partial charge in [-0.3, -0.25) is 4.79 Å². The van der Waals surface area contributed by atoms with Gasteiger partial charge in [-0.05, 0) is 37.1 Å². The molecule has 0 fully saturated rings. The molecule has 6 nitrogen and oxygen atoms in total. The maximum Gasteiger partial charge on any atom is 0.246 e.